The number of halogens is 1. The second-order valence-electron chi connectivity index (χ2n) is 2.42. The molecule has 0 aliphatic carbocycles. The first-order chi connectivity index (χ1) is 5.84. The molecule has 3 nitrogen and oxygen atoms in total. The van der Waals surface area contributed by atoms with Crippen LogP contribution < -0.4 is 0 Å². The van der Waals surface area contributed by atoms with Crippen LogP contribution in [0.1, 0.15) is 5.01 Å². The van der Waals surface area contributed by atoms with Gasteiger partial charge in [-0.15, -0.1) is 22.0 Å². The Bertz CT molecular complexity index is 264. The molecule has 0 unspecified atom stereocenters. The van der Waals surface area contributed by atoms with Crippen LogP contribution in [0, 0.1) is 0 Å². The maximum Gasteiger partial charge on any atom is 0.207 e. The summed E-state index contributed by atoms with van der Waals surface area (Å²) >= 11 is 8.93. The van der Waals surface area contributed by atoms with E-state index in [-0.39, 0.29) is 0 Å². The van der Waals surface area contributed by atoms with Gasteiger partial charge >= 0.3 is 0 Å². The molecule has 0 amide bonds. The molecule has 12 heavy (non-hydrogen) atoms. The molecule has 0 radical (unpaired) electrons. The Morgan fingerprint density at radius 1 is 1.58 bits per heavy atom. The lowest BCUT2D eigenvalue weighted by Crippen LogP contribution is -2.30. The Hall–Kier alpha value is 0.160. The minimum atomic E-state index is 0.524. The number of hydrogen-bond donors (Lipinski definition) is 0. The molecule has 2 heterocycles. The van der Waals surface area contributed by atoms with Gasteiger partial charge in [0.2, 0.25) is 4.47 Å². The van der Waals surface area contributed by atoms with E-state index < -0.39 is 0 Å². The van der Waals surface area contributed by atoms with Gasteiger partial charge < -0.3 is 4.74 Å². The van der Waals surface area contributed by atoms with Crippen LogP contribution in [0.3, 0.4) is 0 Å². The van der Waals surface area contributed by atoms with Crippen molar-refractivity contribution in [3.05, 3.63) is 9.47 Å². The van der Waals surface area contributed by atoms with Gasteiger partial charge in [0.25, 0.3) is 0 Å². The Labute approximate surface area is 83.5 Å². The first-order valence-corrected chi connectivity index (χ1v) is 5.76. The van der Waals surface area contributed by atoms with Gasteiger partial charge in [-0.2, -0.15) is 0 Å². The average molecular weight is 223 g/mol. The normalized spacial score (nSPS) is 17.8. The van der Waals surface area contributed by atoms with Gasteiger partial charge in [0.05, 0.1) is 18.5 Å². The Balaban J connectivity index is 1.79. The fourth-order valence-electron chi connectivity index (χ4n) is 0.791. The van der Waals surface area contributed by atoms with Crippen LogP contribution >= 0.6 is 34.7 Å². The predicted octanol–water partition coefficient (Wildman–Crippen LogP) is 1.82. The van der Waals surface area contributed by atoms with E-state index in [1.54, 1.807) is 0 Å². The molecule has 0 bridgehead atoms. The Kier molecular flexibility index (Phi) is 2.85. The number of nitrogens with zero attached hydrogens (tertiary/aromatic N) is 2. The van der Waals surface area contributed by atoms with Crippen molar-refractivity contribution in [3.63, 3.8) is 0 Å². The molecule has 0 saturated carbocycles. The maximum absolute atomic E-state index is 5.63. The second-order valence-corrected chi connectivity index (χ2v) is 5.35. The molecular formula is C6H7ClN2OS2. The van der Waals surface area contributed by atoms with E-state index >= 15 is 0 Å². The van der Waals surface area contributed by atoms with E-state index in [1.807, 2.05) is 11.8 Å². The quantitative estimate of drug-likeness (QED) is 0.782. The van der Waals surface area contributed by atoms with E-state index in [0.717, 1.165) is 24.0 Å². The largest absolute Gasteiger partial charge is 0.379 e. The minimum absolute atomic E-state index is 0.524. The maximum atomic E-state index is 5.63. The molecule has 0 atom stereocenters. The smallest absolute Gasteiger partial charge is 0.207 e. The number of hydrogen-bond acceptors (Lipinski definition) is 5. The third kappa shape index (κ3) is 2.10. The number of aromatic nitrogens is 2. The number of thioether (sulfide) groups is 1. The van der Waals surface area contributed by atoms with Crippen LogP contribution in [-0.2, 0) is 10.5 Å². The molecule has 6 heteroatoms. The van der Waals surface area contributed by atoms with Crippen LogP contribution in [0.25, 0.3) is 0 Å². The summed E-state index contributed by atoms with van der Waals surface area (Å²) in [5, 5.41) is 9.29. The summed E-state index contributed by atoms with van der Waals surface area (Å²) in [6.45, 7) is 1.74. The third-order valence-electron chi connectivity index (χ3n) is 1.49. The molecule has 0 spiro atoms. The van der Waals surface area contributed by atoms with Crippen molar-refractivity contribution in [2.75, 3.05) is 13.2 Å². The van der Waals surface area contributed by atoms with E-state index in [4.69, 9.17) is 16.3 Å². The van der Waals surface area contributed by atoms with E-state index in [9.17, 15) is 0 Å². The third-order valence-corrected chi connectivity index (χ3v) is 3.88. The van der Waals surface area contributed by atoms with E-state index in [0.29, 0.717) is 9.72 Å². The molecule has 1 aliphatic rings. The Morgan fingerprint density at radius 3 is 2.92 bits per heavy atom. The molecule has 0 N–H and O–H groups in total. The summed E-state index contributed by atoms with van der Waals surface area (Å²) < 4.78 is 5.57. The standard InChI is InChI=1S/C6H7ClN2OS2/c7-6-9-8-5(12-6)3-11-4-1-10-2-4/h4H,1-3H2. The summed E-state index contributed by atoms with van der Waals surface area (Å²) in [5.74, 6) is 0.901. The predicted molar refractivity (Wildman–Crippen MR) is 50.8 cm³/mol. The van der Waals surface area contributed by atoms with Gasteiger partial charge in [0.15, 0.2) is 0 Å². The van der Waals surface area contributed by atoms with Gasteiger partial charge in [-0.25, -0.2) is 0 Å². The molecule has 1 aromatic heterocycles. The highest BCUT2D eigenvalue weighted by atomic mass is 35.5. The zero-order chi connectivity index (χ0) is 8.39. The van der Waals surface area contributed by atoms with Crippen molar-refractivity contribution in [3.8, 4) is 0 Å². The number of rotatable bonds is 3. The molecule has 1 fully saturated rings. The van der Waals surface area contributed by atoms with Crippen LogP contribution in [0.2, 0.25) is 4.47 Å². The molecule has 0 aromatic carbocycles. The van der Waals surface area contributed by atoms with Crippen LogP contribution in [-0.4, -0.2) is 28.7 Å². The van der Waals surface area contributed by atoms with E-state index in [2.05, 4.69) is 10.2 Å². The van der Waals surface area contributed by atoms with Crippen LogP contribution in [0.4, 0.5) is 0 Å². The fraction of sp³-hybridized carbons (Fsp3) is 0.667. The summed E-state index contributed by atoms with van der Waals surface area (Å²) in [5.41, 5.74) is 0. The monoisotopic (exact) mass is 222 g/mol. The number of ether oxygens (including phenoxy) is 1. The van der Waals surface area contributed by atoms with Gasteiger partial charge in [-0.1, -0.05) is 11.3 Å². The van der Waals surface area contributed by atoms with Gasteiger partial charge in [-0.3, -0.25) is 0 Å². The zero-order valence-corrected chi connectivity index (χ0v) is 8.58. The van der Waals surface area contributed by atoms with E-state index in [1.165, 1.54) is 11.3 Å². The molecule has 1 saturated heterocycles. The van der Waals surface area contributed by atoms with Crippen molar-refractivity contribution in [2.45, 2.75) is 11.0 Å². The highest BCUT2D eigenvalue weighted by Crippen LogP contribution is 2.25. The summed E-state index contributed by atoms with van der Waals surface area (Å²) in [4.78, 5) is 0. The van der Waals surface area contributed by atoms with Crippen molar-refractivity contribution in [1.82, 2.24) is 10.2 Å². The summed E-state index contributed by atoms with van der Waals surface area (Å²) in [7, 11) is 0. The van der Waals surface area contributed by atoms with Crippen LogP contribution in [0.5, 0.6) is 0 Å². The minimum Gasteiger partial charge on any atom is -0.379 e. The van der Waals surface area contributed by atoms with Crippen molar-refractivity contribution in [2.24, 2.45) is 0 Å². The highest BCUT2D eigenvalue weighted by molar-refractivity contribution is 7.99. The Morgan fingerprint density at radius 2 is 2.42 bits per heavy atom. The highest BCUT2D eigenvalue weighted by Gasteiger charge is 2.19. The van der Waals surface area contributed by atoms with Crippen molar-refractivity contribution >= 4 is 34.7 Å². The van der Waals surface area contributed by atoms with Crippen molar-refractivity contribution in [1.29, 1.82) is 0 Å². The SMILES string of the molecule is Clc1nnc(CSC2COC2)s1. The topological polar surface area (TPSA) is 35.0 Å². The lowest BCUT2D eigenvalue weighted by molar-refractivity contribution is 0.0455. The van der Waals surface area contributed by atoms with Crippen molar-refractivity contribution < 1.29 is 4.74 Å². The molecule has 1 aliphatic heterocycles. The second kappa shape index (κ2) is 3.91. The summed E-state index contributed by atoms with van der Waals surface area (Å²) in [6.07, 6.45) is 0. The first kappa shape index (κ1) is 8.74. The molecule has 66 valence electrons. The fourth-order valence-corrected chi connectivity index (χ4v) is 2.71. The molecule has 1 aromatic rings. The molecular weight excluding hydrogens is 216 g/mol. The lowest BCUT2D eigenvalue weighted by Gasteiger charge is -2.24. The average Bonchev–Trinajstić information content (AvgIpc) is 2.32. The lowest BCUT2D eigenvalue weighted by atomic mass is 10.4. The zero-order valence-electron chi connectivity index (χ0n) is 6.20. The first-order valence-electron chi connectivity index (χ1n) is 3.52. The summed E-state index contributed by atoms with van der Waals surface area (Å²) in [6, 6.07) is 0. The van der Waals surface area contributed by atoms with Crippen LogP contribution in [0.15, 0.2) is 0 Å². The molecule has 2 rings (SSSR count). The van der Waals surface area contributed by atoms with Gasteiger partial charge in [0.1, 0.15) is 5.01 Å². The van der Waals surface area contributed by atoms with Gasteiger partial charge in [0, 0.05) is 5.75 Å². The van der Waals surface area contributed by atoms with Gasteiger partial charge in [-0.05, 0) is 11.6 Å².